The Kier molecular flexibility index (Phi) is 5.36. The lowest BCUT2D eigenvalue weighted by Crippen LogP contribution is -2.12. The van der Waals surface area contributed by atoms with Crippen LogP contribution in [0.1, 0.15) is 52.7 Å². The number of pyridine rings is 1. The molecule has 0 saturated heterocycles. The van der Waals surface area contributed by atoms with Gasteiger partial charge in [0.2, 0.25) is 0 Å². The van der Waals surface area contributed by atoms with Crippen LogP contribution in [0.3, 0.4) is 0 Å². The molecule has 0 aliphatic heterocycles. The molecule has 5 aromatic rings. The summed E-state index contributed by atoms with van der Waals surface area (Å²) in [5.41, 5.74) is 7.01. The van der Waals surface area contributed by atoms with Gasteiger partial charge in [-0.1, -0.05) is 77.9 Å². The van der Waals surface area contributed by atoms with Crippen LogP contribution in [0, 0.1) is 5.41 Å². The minimum atomic E-state index is 0.0371. The molecule has 2 heterocycles. The molecule has 2 nitrogen and oxygen atoms in total. The zero-order valence-corrected chi connectivity index (χ0v) is 21.1. The van der Waals surface area contributed by atoms with Crippen molar-refractivity contribution in [1.29, 1.82) is 0 Å². The van der Waals surface area contributed by atoms with Crippen LogP contribution >= 0.6 is 0 Å². The van der Waals surface area contributed by atoms with E-state index >= 15 is 0 Å². The molecule has 0 aliphatic carbocycles. The minimum Gasteiger partial charge on any atom is -0.456 e. The van der Waals surface area contributed by atoms with Gasteiger partial charge in [0.25, 0.3) is 0 Å². The molecule has 2 heteroatoms. The molecule has 5 rings (SSSR count). The van der Waals surface area contributed by atoms with Gasteiger partial charge >= 0.3 is 0 Å². The maximum absolute atomic E-state index is 6.32. The predicted octanol–water partition coefficient (Wildman–Crippen LogP) is 9.20. The van der Waals surface area contributed by atoms with E-state index in [1.807, 2.05) is 12.3 Å². The minimum absolute atomic E-state index is 0.0371. The first-order valence-electron chi connectivity index (χ1n) is 12.1. The molecular weight excluding hydrogens is 414 g/mol. The van der Waals surface area contributed by atoms with Gasteiger partial charge in [-0.3, -0.25) is 4.98 Å². The molecule has 34 heavy (non-hydrogen) atoms. The lowest BCUT2D eigenvalue weighted by molar-refractivity contribution is 0.412. The van der Waals surface area contributed by atoms with Gasteiger partial charge in [0.1, 0.15) is 11.3 Å². The van der Waals surface area contributed by atoms with Gasteiger partial charge in [0.15, 0.2) is 0 Å². The lowest BCUT2D eigenvalue weighted by Gasteiger charge is -2.22. The normalized spacial score (nSPS) is 12.5. The van der Waals surface area contributed by atoms with Gasteiger partial charge < -0.3 is 4.42 Å². The van der Waals surface area contributed by atoms with Crippen LogP contribution in [0.15, 0.2) is 83.4 Å². The molecule has 0 fully saturated rings. The second-order valence-corrected chi connectivity index (χ2v) is 11.6. The molecule has 0 N–H and O–H groups in total. The fourth-order valence-corrected chi connectivity index (χ4v) is 4.81. The summed E-state index contributed by atoms with van der Waals surface area (Å²) in [4.78, 5) is 4.74. The molecule has 172 valence electrons. The number of rotatable bonds is 3. The van der Waals surface area contributed by atoms with Crippen molar-refractivity contribution in [3.8, 4) is 22.6 Å². The molecule has 0 atom stereocenters. The highest BCUT2D eigenvalue weighted by Gasteiger charge is 2.19. The SMILES string of the molecule is CC(C)(C)Cc1cccc2oc(-c3ccnc(-c4cc(C(C)(C)C)c5ccccc5c4)c3)cc12. The highest BCUT2D eigenvalue weighted by Crippen LogP contribution is 2.37. The van der Waals surface area contributed by atoms with Crippen molar-refractivity contribution in [1.82, 2.24) is 4.98 Å². The van der Waals surface area contributed by atoms with Gasteiger partial charge in [-0.25, -0.2) is 0 Å². The smallest absolute Gasteiger partial charge is 0.135 e. The third-order valence-electron chi connectivity index (χ3n) is 6.38. The Hall–Kier alpha value is -3.39. The predicted molar refractivity (Wildman–Crippen MR) is 144 cm³/mol. The number of furan rings is 1. The van der Waals surface area contributed by atoms with Crippen molar-refractivity contribution < 1.29 is 4.42 Å². The van der Waals surface area contributed by atoms with E-state index in [-0.39, 0.29) is 10.8 Å². The number of nitrogens with zero attached hydrogens (tertiary/aromatic N) is 1. The van der Waals surface area contributed by atoms with E-state index in [1.54, 1.807) is 0 Å². The van der Waals surface area contributed by atoms with Crippen LogP contribution in [0.2, 0.25) is 0 Å². The van der Waals surface area contributed by atoms with Crippen LogP contribution in [-0.4, -0.2) is 4.98 Å². The van der Waals surface area contributed by atoms with Gasteiger partial charge in [-0.15, -0.1) is 0 Å². The molecule has 0 amide bonds. The second-order valence-electron chi connectivity index (χ2n) is 11.6. The zero-order chi connectivity index (χ0) is 24.1. The summed E-state index contributed by atoms with van der Waals surface area (Å²) in [6.07, 6.45) is 2.90. The van der Waals surface area contributed by atoms with Crippen molar-refractivity contribution in [3.05, 3.63) is 90.1 Å². The average molecular weight is 448 g/mol. The second kappa shape index (κ2) is 8.13. The Morgan fingerprint density at radius 1 is 0.735 bits per heavy atom. The summed E-state index contributed by atoms with van der Waals surface area (Å²) < 4.78 is 6.32. The van der Waals surface area contributed by atoms with Crippen molar-refractivity contribution in [2.45, 2.75) is 53.4 Å². The van der Waals surface area contributed by atoms with Crippen LogP contribution in [0.5, 0.6) is 0 Å². The van der Waals surface area contributed by atoms with Crippen molar-refractivity contribution in [2.75, 3.05) is 0 Å². The number of hydrogen-bond donors (Lipinski definition) is 0. The molecule has 0 saturated carbocycles. The number of fused-ring (bicyclic) bond motifs is 2. The summed E-state index contributed by atoms with van der Waals surface area (Å²) in [6.45, 7) is 13.6. The first kappa shape index (κ1) is 22.4. The van der Waals surface area contributed by atoms with Crippen LogP contribution in [-0.2, 0) is 11.8 Å². The first-order valence-corrected chi connectivity index (χ1v) is 12.1. The largest absolute Gasteiger partial charge is 0.456 e. The van der Waals surface area contributed by atoms with E-state index in [9.17, 15) is 0 Å². The summed E-state index contributed by atoms with van der Waals surface area (Å²) in [7, 11) is 0. The highest BCUT2D eigenvalue weighted by atomic mass is 16.3. The molecule has 0 bridgehead atoms. The standard InChI is InChI=1S/C32H33NO/c1-31(2,3)20-23-11-9-13-29-26(23)19-30(34-29)22-14-15-33-28(18-22)24-16-21-10-7-8-12-25(21)27(17-24)32(4,5)6/h7-19H,20H2,1-6H3. The Labute approximate surface area is 202 Å². The first-order chi connectivity index (χ1) is 16.1. The van der Waals surface area contributed by atoms with Crippen molar-refractivity contribution in [3.63, 3.8) is 0 Å². The Bertz CT molecular complexity index is 1490. The third-order valence-corrected chi connectivity index (χ3v) is 6.38. The molecule has 0 radical (unpaired) electrons. The number of benzene rings is 3. The summed E-state index contributed by atoms with van der Waals surface area (Å²) in [6, 6.07) is 25.9. The number of aromatic nitrogens is 1. The molecular formula is C32H33NO. The van der Waals surface area contributed by atoms with Gasteiger partial charge in [-0.05, 0) is 75.5 Å². The van der Waals surface area contributed by atoms with Gasteiger partial charge in [0.05, 0.1) is 5.69 Å². The summed E-state index contributed by atoms with van der Waals surface area (Å²) >= 11 is 0. The zero-order valence-electron chi connectivity index (χ0n) is 21.1. The average Bonchev–Trinajstić information content (AvgIpc) is 3.22. The molecule has 0 aliphatic rings. The van der Waals surface area contributed by atoms with Crippen LogP contribution < -0.4 is 0 Å². The van der Waals surface area contributed by atoms with E-state index in [1.165, 1.54) is 27.3 Å². The highest BCUT2D eigenvalue weighted by molar-refractivity contribution is 5.91. The maximum Gasteiger partial charge on any atom is 0.135 e. The summed E-state index contributed by atoms with van der Waals surface area (Å²) in [5, 5.41) is 3.75. The third kappa shape index (κ3) is 4.37. The van der Waals surface area contributed by atoms with Gasteiger partial charge in [-0.2, -0.15) is 0 Å². The van der Waals surface area contributed by atoms with E-state index < -0.39 is 0 Å². The van der Waals surface area contributed by atoms with Crippen LogP contribution in [0.25, 0.3) is 44.3 Å². The quantitative estimate of drug-likeness (QED) is 0.275. The Balaban J connectivity index is 1.61. The molecule has 0 unspecified atom stereocenters. The monoisotopic (exact) mass is 447 g/mol. The fraction of sp³-hybridized carbons (Fsp3) is 0.281. The molecule has 2 aromatic heterocycles. The van der Waals surface area contributed by atoms with Crippen molar-refractivity contribution >= 4 is 21.7 Å². The van der Waals surface area contributed by atoms with Gasteiger partial charge in [0, 0.05) is 22.7 Å². The number of hydrogen-bond acceptors (Lipinski definition) is 2. The lowest BCUT2D eigenvalue weighted by atomic mass is 9.82. The van der Waals surface area contributed by atoms with Crippen LogP contribution in [0.4, 0.5) is 0 Å². The molecule has 0 spiro atoms. The van der Waals surface area contributed by atoms with E-state index in [0.717, 1.165) is 34.6 Å². The Morgan fingerprint density at radius 2 is 1.53 bits per heavy atom. The maximum atomic E-state index is 6.32. The Morgan fingerprint density at radius 3 is 2.29 bits per heavy atom. The van der Waals surface area contributed by atoms with Crippen molar-refractivity contribution in [2.24, 2.45) is 5.41 Å². The van der Waals surface area contributed by atoms with E-state index in [4.69, 9.17) is 9.40 Å². The molecule has 3 aromatic carbocycles. The van der Waals surface area contributed by atoms with E-state index in [2.05, 4.69) is 108 Å². The fourth-order valence-electron chi connectivity index (χ4n) is 4.81. The summed E-state index contributed by atoms with van der Waals surface area (Å²) in [5.74, 6) is 0.886. The van der Waals surface area contributed by atoms with E-state index in [0.29, 0.717) is 0 Å². The topological polar surface area (TPSA) is 26.0 Å².